The summed E-state index contributed by atoms with van der Waals surface area (Å²) in [7, 11) is 0. The highest BCUT2D eigenvalue weighted by molar-refractivity contribution is 5.90. The smallest absolute Gasteiger partial charge is 0.166 e. The molecule has 0 atom stereocenters. The van der Waals surface area contributed by atoms with Crippen molar-refractivity contribution in [3.8, 4) is 0 Å². The highest BCUT2D eigenvalue weighted by Crippen LogP contribution is 2.32. The monoisotopic (exact) mass is 354 g/mol. The highest BCUT2D eigenvalue weighted by atomic mass is 19.2. The van der Waals surface area contributed by atoms with Crippen LogP contribution in [0.3, 0.4) is 0 Å². The van der Waals surface area contributed by atoms with Crippen LogP contribution in [-0.2, 0) is 12.8 Å². The van der Waals surface area contributed by atoms with Gasteiger partial charge in [-0.05, 0) is 35.4 Å². The third-order valence-corrected chi connectivity index (χ3v) is 4.62. The molecule has 3 aromatic carbocycles. The maximum Gasteiger partial charge on any atom is 0.166 e. The summed E-state index contributed by atoms with van der Waals surface area (Å²) in [5.41, 5.74) is 2.01. The van der Waals surface area contributed by atoms with E-state index in [0.29, 0.717) is 22.8 Å². The van der Waals surface area contributed by atoms with Gasteiger partial charge in [0.2, 0.25) is 0 Å². The fourth-order valence-electron chi connectivity index (χ4n) is 3.08. The Balaban J connectivity index is 2.01. The number of benzene rings is 3. The Morgan fingerprint density at radius 1 is 0.808 bits per heavy atom. The molecule has 3 heteroatoms. The first-order chi connectivity index (χ1) is 12.5. The summed E-state index contributed by atoms with van der Waals surface area (Å²) in [4.78, 5) is 0. The normalized spacial score (nSPS) is 12.3. The van der Waals surface area contributed by atoms with Crippen molar-refractivity contribution in [1.29, 1.82) is 0 Å². The molecule has 0 aliphatic heterocycles. The summed E-state index contributed by atoms with van der Waals surface area (Å²) >= 11 is 0. The molecule has 0 nitrogen and oxygen atoms in total. The van der Waals surface area contributed by atoms with E-state index in [1.54, 1.807) is 36.4 Å². The van der Waals surface area contributed by atoms with E-state index in [9.17, 15) is 13.2 Å². The quantitative estimate of drug-likeness (QED) is 0.423. The molecule has 0 amide bonds. The van der Waals surface area contributed by atoms with Crippen LogP contribution in [0.5, 0.6) is 0 Å². The molecule has 0 heterocycles. The van der Waals surface area contributed by atoms with Crippen molar-refractivity contribution >= 4 is 22.4 Å². The highest BCUT2D eigenvalue weighted by Gasteiger charge is 2.14. The van der Waals surface area contributed by atoms with Gasteiger partial charge in [0, 0.05) is 16.5 Å². The largest absolute Gasteiger partial charge is 0.206 e. The molecule has 0 fully saturated rings. The molecule has 0 aromatic heterocycles. The van der Waals surface area contributed by atoms with Crippen LogP contribution in [0.4, 0.5) is 13.2 Å². The van der Waals surface area contributed by atoms with Crippen molar-refractivity contribution in [2.45, 2.75) is 33.1 Å². The van der Waals surface area contributed by atoms with E-state index in [1.807, 2.05) is 13.8 Å². The molecular weight excluding hydrogens is 333 g/mol. The standard InChI is InChI=1S/C23H21F3/c1-3-5-16-10-11-18-14-19(12-13-20(18)21(16)24)23(26)22(25)17-8-6-15(4-2)7-9-17/h6-14H,3-5H2,1-2H3. The number of halogens is 3. The van der Waals surface area contributed by atoms with Crippen molar-refractivity contribution in [2.24, 2.45) is 0 Å². The van der Waals surface area contributed by atoms with Crippen molar-refractivity contribution in [3.63, 3.8) is 0 Å². The molecule has 0 bridgehead atoms. The molecular formula is C23H21F3. The predicted molar refractivity (Wildman–Crippen MR) is 103 cm³/mol. The first-order valence-corrected chi connectivity index (χ1v) is 8.91. The SMILES string of the molecule is CCCc1ccc2cc(C(F)=C(F)c3ccc(CC)cc3)ccc2c1F. The molecule has 26 heavy (non-hydrogen) atoms. The lowest BCUT2D eigenvalue weighted by Gasteiger charge is -2.08. The molecule has 0 saturated carbocycles. The Hall–Kier alpha value is -2.55. The molecule has 0 unspecified atom stereocenters. The predicted octanol–water partition coefficient (Wildman–Crippen LogP) is 7.26. The van der Waals surface area contributed by atoms with Crippen LogP contribution in [0.2, 0.25) is 0 Å². The molecule has 0 saturated heterocycles. The minimum atomic E-state index is -0.936. The van der Waals surface area contributed by atoms with Gasteiger partial charge >= 0.3 is 0 Å². The zero-order valence-electron chi connectivity index (χ0n) is 15.0. The van der Waals surface area contributed by atoms with Crippen molar-refractivity contribution in [2.75, 3.05) is 0 Å². The Morgan fingerprint density at radius 3 is 2.12 bits per heavy atom. The van der Waals surface area contributed by atoms with Crippen LogP contribution >= 0.6 is 0 Å². The summed E-state index contributed by atoms with van der Waals surface area (Å²) < 4.78 is 43.7. The van der Waals surface area contributed by atoms with Gasteiger partial charge in [0.05, 0.1) is 0 Å². The van der Waals surface area contributed by atoms with Crippen LogP contribution in [0.15, 0.2) is 54.6 Å². The summed E-state index contributed by atoms with van der Waals surface area (Å²) in [6, 6.07) is 14.6. The fraction of sp³-hybridized carbons (Fsp3) is 0.217. The molecule has 0 radical (unpaired) electrons. The second-order valence-corrected chi connectivity index (χ2v) is 6.40. The van der Waals surface area contributed by atoms with Gasteiger partial charge in [0.25, 0.3) is 0 Å². The van der Waals surface area contributed by atoms with Crippen LogP contribution in [0, 0.1) is 5.82 Å². The molecule has 134 valence electrons. The molecule has 3 rings (SSSR count). The minimum absolute atomic E-state index is 0.109. The fourth-order valence-corrected chi connectivity index (χ4v) is 3.08. The molecule has 3 aromatic rings. The second-order valence-electron chi connectivity index (χ2n) is 6.40. The van der Waals surface area contributed by atoms with Gasteiger partial charge in [-0.1, -0.05) is 68.8 Å². The van der Waals surface area contributed by atoms with E-state index in [1.165, 1.54) is 18.2 Å². The summed E-state index contributed by atoms with van der Waals surface area (Å²) in [5.74, 6) is -2.12. The molecule has 0 aliphatic rings. The summed E-state index contributed by atoms with van der Waals surface area (Å²) in [5, 5.41) is 0.990. The van der Waals surface area contributed by atoms with E-state index in [4.69, 9.17) is 0 Å². The van der Waals surface area contributed by atoms with Gasteiger partial charge in [-0.25, -0.2) is 13.2 Å². The van der Waals surface area contributed by atoms with E-state index < -0.39 is 11.7 Å². The van der Waals surface area contributed by atoms with Crippen molar-refractivity contribution in [1.82, 2.24) is 0 Å². The van der Waals surface area contributed by atoms with Gasteiger partial charge < -0.3 is 0 Å². The molecule has 0 N–H and O–H groups in total. The Kier molecular flexibility index (Phi) is 5.46. The Labute approximate surface area is 152 Å². The Bertz CT molecular complexity index is 953. The molecule has 0 spiro atoms. The van der Waals surface area contributed by atoms with Gasteiger partial charge in [-0.3, -0.25) is 0 Å². The number of aryl methyl sites for hydroxylation is 2. The first kappa shape index (κ1) is 18.2. The maximum atomic E-state index is 14.6. The summed E-state index contributed by atoms with van der Waals surface area (Å²) in [6.45, 7) is 3.99. The lowest BCUT2D eigenvalue weighted by molar-refractivity contribution is 0.619. The summed E-state index contributed by atoms with van der Waals surface area (Å²) in [6.07, 6.45) is 2.34. The van der Waals surface area contributed by atoms with Gasteiger partial charge in [0.1, 0.15) is 5.82 Å². The van der Waals surface area contributed by atoms with Gasteiger partial charge in [-0.15, -0.1) is 0 Å². The third kappa shape index (κ3) is 3.52. The van der Waals surface area contributed by atoms with Crippen LogP contribution in [-0.4, -0.2) is 0 Å². The molecule has 0 aliphatic carbocycles. The minimum Gasteiger partial charge on any atom is -0.206 e. The van der Waals surface area contributed by atoms with E-state index in [2.05, 4.69) is 0 Å². The Morgan fingerprint density at radius 2 is 1.46 bits per heavy atom. The van der Waals surface area contributed by atoms with Gasteiger partial charge in [0.15, 0.2) is 11.7 Å². The second kappa shape index (κ2) is 7.77. The van der Waals surface area contributed by atoms with E-state index >= 15 is 0 Å². The number of fused-ring (bicyclic) bond motifs is 1. The van der Waals surface area contributed by atoms with Crippen LogP contribution in [0.25, 0.3) is 22.4 Å². The first-order valence-electron chi connectivity index (χ1n) is 8.91. The van der Waals surface area contributed by atoms with Crippen LogP contribution < -0.4 is 0 Å². The van der Waals surface area contributed by atoms with E-state index in [-0.39, 0.29) is 16.9 Å². The number of hydrogen-bond acceptors (Lipinski definition) is 0. The third-order valence-electron chi connectivity index (χ3n) is 4.62. The zero-order valence-corrected chi connectivity index (χ0v) is 15.0. The van der Waals surface area contributed by atoms with E-state index in [0.717, 1.165) is 18.4 Å². The zero-order chi connectivity index (χ0) is 18.7. The topological polar surface area (TPSA) is 0 Å². The number of rotatable bonds is 5. The average molecular weight is 354 g/mol. The average Bonchev–Trinajstić information content (AvgIpc) is 2.69. The maximum absolute atomic E-state index is 14.6. The van der Waals surface area contributed by atoms with Crippen molar-refractivity contribution < 1.29 is 13.2 Å². The lowest BCUT2D eigenvalue weighted by Crippen LogP contribution is -1.92. The van der Waals surface area contributed by atoms with Gasteiger partial charge in [-0.2, -0.15) is 0 Å². The lowest BCUT2D eigenvalue weighted by atomic mass is 10.00. The number of hydrogen-bond donors (Lipinski definition) is 0. The van der Waals surface area contributed by atoms with Crippen molar-refractivity contribution in [3.05, 3.63) is 82.7 Å². The van der Waals surface area contributed by atoms with Crippen LogP contribution in [0.1, 0.15) is 42.5 Å².